The number of hydrogen-bond acceptors (Lipinski definition) is 1. The Bertz CT molecular complexity index is 537. The predicted octanol–water partition coefficient (Wildman–Crippen LogP) is 3.38. The molecule has 0 saturated heterocycles. The predicted molar refractivity (Wildman–Crippen MR) is 61.4 cm³/mol. The first-order valence-corrected chi connectivity index (χ1v) is 5.44. The van der Waals surface area contributed by atoms with Gasteiger partial charge >= 0.3 is 0 Å². The average molecular weight is 252 g/mol. The molecular weight excluding hydrogens is 241 g/mol. The van der Waals surface area contributed by atoms with E-state index in [0.29, 0.717) is 5.56 Å². The Hall–Kier alpha value is -1.81. The molecule has 0 fully saturated rings. The first-order valence-electron chi connectivity index (χ1n) is 5.44. The Balaban J connectivity index is 2.19. The van der Waals surface area contributed by atoms with Gasteiger partial charge < -0.3 is 5.11 Å². The normalized spacial score (nSPS) is 12.4. The largest absolute Gasteiger partial charge is 0.388 e. The van der Waals surface area contributed by atoms with Crippen molar-refractivity contribution in [2.45, 2.75) is 12.5 Å². The number of aliphatic hydroxyl groups is 1. The molecule has 0 bridgehead atoms. The maximum atomic E-state index is 13.4. The molecule has 0 aromatic heterocycles. The summed E-state index contributed by atoms with van der Waals surface area (Å²) in [5.41, 5.74) is 0.548. The highest BCUT2D eigenvalue weighted by atomic mass is 19.2. The van der Waals surface area contributed by atoms with Gasteiger partial charge in [0, 0.05) is 12.0 Å². The van der Waals surface area contributed by atoms with Crippen LogP contribution in [0.4, 0.5) is 13.2 Å². The van der Waals surface area contributed by atoms with Crippen molar-refractivity contribution in [1.29, 1.82) is 0 Å². The van der Waals surface area contributed by atoms with Crippen molar-refractivity contribution < 1.29 is 18.3 Å². The SMILES string of the molecule is OC(Cc1ccc(F)cc1)c1cccc(F)c1F. The Morgan fingerprint density at radius 3 is 2.28 bits per heavy atom. The minimum atomic E-state index is -1.16. The lowest BCUT2D eigenvalue weighted by molar-refractivity contribution is 0.172. The minimum Gasteiger partial charge on any atom is -0.388 e. The molecule has 1 atom stereocenters. The van der Waals surface area contributed by atoms with Gasteiger partial charge in [0.05, 0.1) is 6.10 Å². The Kier molecular flexibility index (Phi) is 3.67. The van der Waals surface area contributed by atoms with Crippen molar-refractivity contribution in [2.24, 2.45) is 0 Å². The molecule has 0 saturated carbocycles. The molecule has 2 rings (SSSR count). The lowest BCUT2D eigenvalue weighted by atomic mass is 10.0. The van der Waals surface area contributed by atoms with E-state index in [2.05, 4.69) is 0 Å². The smallest absolute Gasteiger partial charge is 0.164 e. The highest BCUT2D eigenvalue weighted by Crippen LogP contribution is 2.22. The molecule has 1 nitrogen and oxygen atoms in total. The van der Waals surface area contributed by atoms with Crippen LogP contribution < -0.4 is 0 Å². The zero-order valence-corrected chi connectivity index (χ0v) is 9.41. The van der Waals surface area contributed by atoms with E-state index >= 15 is 0 Å². The fourth-order valence-electron chi connectivity index (χ4n) is 1.73. The van der Waals surface area contributed by atoms with Crippen molar-refractivity contribution >= 4 is 0 Å². The minimum absolute atomic E-state index is 0.0978. The highest BCUT2D eigenvalue weighted by molar-refractivity contribution is 5.24. The van der Waals surface area contributed by atoms with Crippen molar-refractivity contribution in [3.63, 3.8) is 0 Å². The summed E-state index contributed by atoms with van der Waals surface area (Å²) in [6.07, 6.45) is -1.06. The monoisotopic (exact) mass is 252 g/mol. The number of halogens is 3. The van der Waals surface area contributed by atoms with Crippen LogP contribution in [-0.4, -0.2) is 5.11 Å². The van der Waals surface area contributed by atoms with Gasteiger partial charge in [-0.2, -0.15) is 0 Å². The third-order valence-electron chi connectivity index (χ3n) is 2.68. The van der Waals surface area contributed by atoms with Crippen LogP contribution in [0.1, 0.15) is 17.2 Å². The van der Waals surface area contributed by atoms with E-state index in [1.165, 1.54) is 36.4 Å². The van der Waals surface area contributed by atoms with E-state index < -0.39 is 17.7 Å². The van der Waals surface area contributed by atoms with Gasteiger partial charge in [0.2, 0.25) is 0 Å². The Morgan fingerprint density at radius 2 is 1.61 bits per heavy atom. The first-order chi connectivity index (χ1) is 8.58. The maximum Gasteiger partial charge on any atom is 0.164 e. The van der Waals surface area contributed by atoms with Crippen LogP contribution in [0.5, 0.6) is 0 Å². The summed E-state index contributed by atoms with van der Waals surface area (Å²) in [6, 6.07) is 9.15. The number of hydrogen-bond donors (Lipinski definition) is 1. The summed E-state index contributed by atoms with van der Waals surface area (Å²) < 4.78 is 39.1. The summed E-state index contributed by atoms with van der Waals surface area (Å²) in [5, 5.41) is 9.85. The van der Waals surface area contributed by atoms with Gasteiger partial charge in [0.25, 0.3) is 0 Å². The molecule has 2 aromatic rings. The lowest BCUT2D eigenvalue weighted by Crippen LogP contribution is -2.05. The van der Waals surface area contributed by atoms with Gasteiger partial charge in [-0.15, -0.1) is 0 Å². The molecule has 0 spiro atoms. The van der Waals surface area contributed by atoms with Gasteiger partial charge in [-0.25, -0.2) is 13.2 Å². The van der Waals surface area contributed by atoms with Gasteiger partial charge in [-0.3, -0.25) is 0 Å². The quantitative estimate of drug-likeness (QED) is 0.887. The maximum absolute atomic E-state index is 13.4. The standard InChI is InChI=1S/C14H11F3O/c15-10-6-4-9(5-7-10)8-13(18)11-2-1-3-12(16)14(11)17/h1-7,13,18H,8H2. The van der Waals surface area contributed by atoms with Crippen LogP contribution in [-0.2, 0) is 6.42 Å². The molecule has 1 unspecified atom stereocenters. The third kappa shape index (κ3) is 2.71. The molecule has 0 heterocycles. The summed E-state index contributed by atoms with van der Waals surface area (Å²) in [5.74, 6) is -2.43. The van der Waals surface area contributed by atoms with E-state index in [1.54, 1.807) is 0 Å². The fourth-order valence-corrected chi connectivity index (χ4v) is 1.73. The molecule has 18 heavy (non-hydrogen) atoms. The van der Waals surface area contributed by atoms with Crippen LogP contribution in [0.2, 0.25) is 0 Å². The highest BCUT2D eigenvalue weighted by Gasteiger charge is 2.16. The molecule has 0 aliphatic heterocycles. The Labute approximate surface area is 103 Å². The number of rotatable bonds is 3. The molecule has 0 radical (unpaired) electrons. The van der Waals surface area contributed by atoms with Crippen LogP contribution in [0, 0.1) is 17.5 Å². The van der Waals surface area contributed by atoms with Crippen molar-refractivity contribution in [1.82, 2.24) is 0 Å². The summed E-state index contributed by atoms with van der Waals surface area (Å²) in [7, 11) is 0. The second-order valence-electron chi connectivity index (χ2n) is 3.99. The summed E-state index contributed by atoms with van der Waals surface area (Å²) in [4.78, 5) is 0. The molecule has 1 N–H and O–H groups in total. The summed E-state index contributed by atoms with van der Waals surface area (Å²) in [6.45, 7) is 0. The molecule has 0 aliphatic carbocycles. The second-order valence-corrected chi connectivity index (χ2v) is 3.99. The van der Waals surface area contributed by atoms with E-state index in [9.17, 15) is 18.3 Å². The van der Waals surface area contributed by atoms with E-state index in [4.69, 9.17) is 0 Å². The first kappa shape index (κ1) is 12.6. The van der Waals surface area contributed by atoms with E-state index in [1.807, 2.05) is 0 Å². The average Bonchev–Trinajstić information content (AvgIpc) is 2.35. The van der Waals surface area contributed by atoms with Crippen molar-refractivity contribution in [3.05, 3.63) is 71.0 Å². The molecule has 0 amide bonds. The number of benzene rings is 2. The third-order valence-corrected chi connectivity index (χ3v) is 2.68. The van der Waals surface area contributed by atoms with Crippen molar-refractivity contribution in [3.8, 4) is 0 Å². The van der Waals surface area contributed by atoms with Crippen LogP contribution in [0.3, 0.4) is 0 Å². The lowest BCUT2D eigenvalue weighted by Gasteiger charge is -2.12. The van der Waals surface area contributed by atoms with E-state index in [-0.39, 0.29) is 17.8 Å². The topological polar surface area (TPSA) is 20.2 Å². The zero-order chi connectivity index (χ0) is 13.1. The second kappa shape index (κ2) is 5.23. The number of aliphatic hydroxyl groups excluding tert-OH is 1. The molecule has 94 valence electrons. The molecule has 0 aliphatic rings. The van der Waals surface area contributed by atoms with Crippen LogP contribution >= 0.6 is 0 Å². The molecule has 4 heteroatoms. The molecular formula is C14H11F3O. The summed E-state index contributed by atoms with van der Waals surface area (Å²) >= 11 is 0. The van der Waals surface area contributed by atoms with Crippen LogP contribution in [0.25, 0.3) is 0 Å². The van der Waals surface area contributed by atoms with Gasteiger partial charge in [-0.05, 0) is 23.8 Å². The van der Waals surface area contributed by atoms with Gasteiger partial charge in [-0.1, -0.05) is 24.3 Å². The zero-order valence-electron chi connectivity index (χ0n) is 9.41. The van der Waals surface area contributed by atoms with Gasteiger partial charge in [0.15, 0.2) is 11.6 Å². The fraction of sp³-hybridized carbons (Fsp3) is 0.143. The van der Waals surface area contributed by atoms with Crippen LogP contribution in [0.15, 0.2) is 42.5 Å². The van der Waals surface area contributed by atoms with Crippen molar-refractivity contribution in [2.75, 3.05) is 0 Å². The van der Waals surface area contributed by atoms with Gasteiger partial charge in [0.1, 0.15) is 5.82 Å². The Morgan fingerprint density at radius 1 is 0.944 bits per heavy atom. The van der Waals surface area contributed by atoms with E-state index in [0.717, 1.165) is 6.07 Å². The molecule has 2 aromatic carbocycles.